The number of imidazole rings is 1. The van der Waals surface area contributed by atoms with Crippen molar-refractivity contribution in [1.29, 1.82) is 0 Å². The van der Waals surface area contributed by atoms with E-state index in [1.807, 2.05) is 0 Å². The van der Waals surface area contributed by atoms with Gasteiger partial charge in [-0.2, -0.15) is 4.98 Å². The van der Waals surface area contributed by atoms with Crippen LogP contribution in [-0.2, 0) is 27.1 Å². The van der Waals surface area contributed by atoms with Crippen molar-refractivity contribution in [3.05, 3.63) is 46.1 Å². The van der Waals surface area contributed by atoms with E-state index in [4.69, 9.17) is 35.3 Å². The largest absolute Gasteiger partial charge is 0.492 e. The maximum Gasteiger partial charge on any atom is 0.296 e. The second-order valence-corrected chi connectivity index (χ2v) is 10.2. The number of fused-ring (bicyclic) bond motifs is 2. The first-order valence-corrected chi connectivity index (χ1v) is 13.4. The summed E-state index contributed by atoms with van der Waals surface area (Å²) in [6.07, 6.45) is -1.66. The lowest BCUT2D eigenvalue weighted by atomic mass is 10.1. The topological polar surface area (TPSA) is 111 Å². The summed E-state index contributed by atoms with van der Waals surface area (Å²) in [4.78, 5) is 14.1. The summed E-state index contributed by atoms with van der Waals surface area (Å²) in [5.41, 5.74) is 1.31. The van der Waals surface area contributed by atoms with Crippen LogP contribution < -0.4 is 9.47 Å². The Balaban J connectivity index is 1.08. The highest BCUT2D eigenvalue weighted by molar-refractivity contribution is 6.31. The van der Waals surface area contributed by atoms with Gasteiger partial charge in [0.25, 0.3) is 6.01 Å². The molecule has 13 heteroatoms. The highest BCUT2D eigenvalue weighted by Gasteiger charge is 2.48. The number of benzene rings is 1. The van der Waals surface area contributed by atoms with Gasteiger partial charge in [-0.25, -0.2) is 13.8 Å². The summed E-state index contributed by atoms with van der Waals surface area (Å²) in [5, 5.41) is 10.2. The van der Waals surface area contributed by atoms with Crippen LogP contribution in [0.4, 0.5) is 8.78 Å². The summed E-state index contributed by atoms with van der Waals surface area (Å²) in [6.45, 7) is 4.43. The molecular weight excluding hydrogens is 538 g/mol. The Bertz CT molecular complexity index is 1300. The normalized spacial score (nSPS) is 25.3. The number of hydrogen-bond acceptors (Lipinski definition) is 9. The quantitative estimate of drug-likeness (QED) is 0.403. The molecule has 210 valence electrons. The van der Waals surface area contributed by atoms with E-state index in [1.165, 1.54) is 12.1 Å². The number of aliphatic hydroxyl groups excluding tert-OH is 1. The van der Waals surface area contributed by atoms with Crippen LogP contribution in [0, 0.1) is 11.6 Å². The smallest absolute Gasteiger partial charge is 0.296 e. The monoisotopic (exact) mass is 566 g/mol. The lowest BCUT2D eigenvalue weighted by Crippen LogP contribution is -2.38. The third-order valence-corrected chi connectivity index (χ3v) is 7.56. The van der Waals surface area contributed by atoms with Gasteiger partial charge in [0.15, 0.2) is 11.8 Å². The van der Waals surface area contributed by atoms with Gasteiger partial charge in [-0.15, -0.1) is 0 Å². The highest BCUT2D eigenvalue weighted by atomic mass is 35.5. The van der Waals surface area contributed by atoms with E-state index in [0.29, 0.717) is 48.2 Å². The maximum absolute atomic E-state index is 14.8. The molecule has 4 atom stereocenters. The van der Waals surface area contributed by atoms with Crippen molar-refractivity contribution in [2.75, 3.05) is 52.7 Å². The number of rotatable bonds is 9. The molecule has 0 amide bonds. The van der Waals surface area contributed by atoms with Crippen molar-refractivity contribution < 1.29 is 37.6 Å². The molecule has 3 fully saturated rings. The fourth-order valence-corrected chi connectivity index (χ4v) is 5.36. The third kappa shape index (κ3) is 5.81. The van der Waals surface area contributed by atoms with Crippen molar-refractivity contribution in [2.45, 2.75) is 37.3 Å². The Morgan fingerprint density at radius 2 is 1.82 bits per heavy atom. The average Bonchev–Trinajstić information content (AvgIpc) is 3.61. The Hall–Kier alpha value is -2.61. The Morgan fingerprint density at radius 3 is 2.62 bits per heavy atom. The Morgan fingerprint density at radius 1 is 1.05 bits per heavy atom. The fourth-order valence-electron chi connectivity index (χ4n) is 5.11. The van der Waals surface area contributed by atoms with Gasteiger partial charge >= 0.3 is 0 Å². The fraction of sp³-hybridized carbons (Fsp3) is 0.538. The number of pyridine rings is 1. The summed E-state index contributed by atoms with van der Waals surface area (Å²) < 4.78 is 57.5. The van der Waals surface area contributed by atoms with E-state index in [9.17, 15) is 13.9 Å². The number of aromatic amines is 1. The van der Waals surface area contributed by atoms with Crippen LogP contribution in [0.5, 0.6) is 11.8 Å². The number of H-pyrrole nitrogens is 1. The molecule has 0 saturated carbocycles. The molecule has 6 rings (SSSR count). The van der Waals surface area contributed by atoms with Crippen LogP contribution in [0.15, 0.2) is 18.2 Å². The van der Waals surface area contributed by atoms with Crippen LogP contribution in [0.25, 0.3) is 11.2 Å². The summed E-state index contributed by atoms with van der Waals surface area (Å²) in [6, 6.07) is 4.28. The summed E-state index contributed by atoms with van der Waals surface area (Å²) in [7, 11) is 0. The minimum Gasteiger partial charge on any atom is -0.492 e. The zero-order valence-corrected chi connectivity index (χ0v) is 21.8. The number of morpholine rings is 1. The van der Waals surface area contributed by atoms with Crippen LogP contribution in [-0.4, -0.2) is 102 Å². The Kier molecular flexibility index (Phi) is 7.83. The molecular formula is C26H29ClF2N4O6. The molecule has 0 spiro atoms. The third-order valence-electron chi connectivity index (χ3n) is 7.23. The molecule has 0 bridgehead atoms. The predicted molar refractivity (Wildman–Crippen MR) is 135 cm³/mol. The SMILES string of the molecule is O[C@@H]1CO[C@H]2[C@@H]1OC[C@H]2Oc1nc2nc(CCc3c(F)cc(OCCN4CCOCC4)cc3F)c(Cl)cc2[nH]1. The van der Waals surface area contributed by atoms with Gasteiger partial charge in [0.1, 0.15) is 42.3 Å². The predicted octanol–water partition coefficient (Wildman–Crippen LogP) is 2.29. The standard InChI is InChI=1S/C26H29ClF2N4O6/c27-16-11-20-25(32-26(31-20)39-22-13-38-23-21(34)12-37-24(22)23)30-19(16)2-1-15-17(28)9-14(10-18(15)29)36-8-5-33-3-6-35-7-4-33/h9-11,21-24,34H,1-8,12-13H2,(H,30,31,32)/t21-,22-,23-,24-/m1/s1. The molecule has 0 unspecified atom stereocenters. The van der Waals surface area contributed by atoms with Gasteiger partial charge in [0.05, 0.1) is 42.7 Å². The van der Waals surface area contributed by atoms with E-state index in [0.717, 1.165) is 13.1 Å². The molecule has 3 aliphatic heterocycles. The van der Waals surface area contributed by atoms with Crippen molar-refractivity contribution in [3.8, 4) is 11.8 Å². The van der Waals surface area contributed by atoms with Crippen molar-refractivity contribution >= 4 is 22.8 Å². The van der Waals surface area contributed by atoms with Gasteiger partial charge in [0, 0.05) is 37.3 Å². The van der Waals surface area contributed by atoms with Gasteiger partial charge in [-0.1, -0.05) is 11.6 Å². The van der Waals surface area contributed by atoms with E-state index in [-0.39, 0.29) is 49.5 Å². The number of aliphatic hydroxyl groups is 1. The number of aryl methyl sites for hydroxylation is 1. The van der Waals surface area contributed by atoms with E-state index >= 15 is 0 Å². The summed E-state index contributed by atoms with van der Waals surface area (Å²) >= 11 is 6.43. The first kappa shape index (κ1) is 26.6. The first-order chi connectivity index (χ1) is 18.9. The molecule has 3 aliphatic rings. The second kappa shape index (κ2) is 11.5. The zero-order chi connectivity index (χ0) is 26.9. The molecule has 0 radical (unpaired) electrons. The Labute approximate surface area is 228 Å². The van der Waals surface area contributed by atoms with Crippen LogP contribution in [0.1, 0.15) is 11.3 Å². The molecule has 0 aliphatic carbocycles. The van der Waals surface area contributed by atoms with Crippen LogP contribution >= 0.6 is 11.6 Å². The molecule has 5 heterocycles. The van der Waals surface area contributed by atoms with Gasteiger partial charge in [0.2, 0.25) is 0 Å². The highest BCUT2D eigenvalue weighted by Crippen LogP contribution is 2.30. The molecule has 10 nitrogen and oxygen atoms in total. The molecule has 2 N–H and O–H groups in total. The van der Waals surface area contributed by atoms with Crippen LogP contribution in [0.3, 0.4) is 0 Å². The van der Waals surface area contributed by atoms with Gasteiger partial charge in [-0.3, -0.25) is 4.90 Å². The number of hydrogen-bond donors (Lipinski definition) is 2. The number of ether oxygens (including phenoxy) is 5. The number of aromatic nitrogens is 3. The second-order valence-electron chi connectivity index (χ2n) is 9.82. The first-order valence-electron chi connectivity index (χ1n) is 13.0. The van der Waals surface area contributed by atoms with Crippen molar-refractivity contribution in [2.24, 2.45) is 0 Å². The number of nitrogens with zero attached hydrogens (tertiary/aromatic N) is 3. The van der Waals surface area contributed by atoms with E-state index in [2.05, 4.69) is 19.9 Å². The van der Waals surface area contributed by atoms with E-state index < -0.39 is 29.9 Å². The van der Waals surface area contributed by atoms with Crippen LogP contribution in [0.2, 0.25) is 5.02 Å². The number of halogens is 3. The lowest BCUT2D eigenvalue weighted by Gasteiger charge is -2.26. The summed E-state index contributed by atoms with van der Waals surface area (Å²) in [5.74, 6) is -1.21. The minimum atomic E-state index is -0.680. The average molecular weight is 567 g/mol. The molecule has 2 aromatic heterocycles. The molecule has 39 heavy (non-hydrogen) atoms. The van der Waals surface area contributed by atoms with Gasteiger partial charge < -0.3 is 33.8 Å². The van der Waals surface area contributed by atoms with Crippen molar-refractivity contribution in [3.63, 3.8) is 0 Å². The van der Waals surface area contributed by atoms with Gasteiger partial charge in [-0.05, 0) is 18.9 Å². The van der Waals surface area contributed by atoms with Crippen molar-refractivity contribution in [1.82, 2.24) is 19.9 Å². The minimum absolute atomic E-state index is 0.0554. The zero-order valence-electron chi connectivity index (χ0n) is 21.1. The molecule has 3 aromatic rings. The van der Waals surface area contributed by atoms with E-state index in [1.54, 1.807) is 6.07 Å². The molecule has 3 saturated heterocycles. The molecule has 1 aromatic carbocycles. The lowest BCUT2D eigenvalue weighted by molar-refractivity contribution is 0.00706. The maximum atomic E-state index is 14.8. The number of nitrogens with one attached hydrogen (secondary N) is 1.